The molecule has 0 saturated heterocycles. The molecule has 2 atom stereocenters. The molecule has 0 saturated carbocycles. The van der Waals surface area contributed by atoms with E-state index in [9.17, 15) is 0 Å². The van der Waals surface area contributed by atoms with Crippen LogP contribution in [0.15, 0.2) is 0 Å². The van der Waals surface area contributed by atoms with Crippen molar-refractivity contribution in [1.29, 1.82) is 0 Å². The molecule has 0 amide bonds. The van der Waals surface area contributed by atoms with Gasteiger partial charge < -0.3 is 19.5 Å². The summed E-state index contributed by atoms with van der Waals surface area (Å²) < 4.78 is 15.8. The summed E-state index contributed by atoms with van der Waals surface area (Å²) >= 11 is 0. The Labute approximate surface area is 99.6 Å². The third-order valence-electron chi connectivity index (χ3n) is 2.30. The van der Waals surface area contributed by atoms with Gasteiger partial charge in [0.25, 0.3) is 0 Å². The van der Waals surface area contributed by atoms with Gasteiger partial charge in [-0.05, 0) is 26.8 Å². The van der Waals surface area contributed by atoms with E-state index >= 15 is 0 Å². The zero-order chi connectivity index (χ0) is 12.2. The molecule has 0 spiro atoms. The Morgan fingerprint density at radius 3 is 2.38 bits per heavy atom. The van der Waals surface area contributed by atoms with E-state index < -0.39 is 0 Å². The molecular formula is C12H27NO3. The maximum Gasteiger partial charge on any atom is 0.0704 e. The second-order valence-corrected chi connectivity index (χ2v) is 3.98. The van der Waals surface area contributed by atoms with Gasteiger partial charge in [0.2, 0.25) is 0 Å². The highest BCUT2D eigenvalue weighted by molar-refractivity contribution is 4.63. The Bertz CT molecular complexity index is 144. The van der Waals surface area contributed by atoms with Crippen molar-refractivity contribution in [3.05, 3.63) is 0 Å². The Balaban J connectivity index is 3.26. The predicted octanol–water partition coefficient (Wildman–Crippen LogP) is 1.44. The molecule has 2 unspecified atom stereocenters. The van der Waals surface area contributed by atoms with E-state index in [2.05, 4.69) is 26.1 Å². The van der Waals surface area contributed by atoms with Crippen LogP contribution in [0.25, 0.3) is 0 Å². The summed E-state index contributed by atoms with van der Waals surface area (Å²) in [6.07, 6.45) is 1.31. The van der Waals surface area contributed by atoms with Gasteiger partial charge in [-0.2, -0.15) is 0 Å². The highest BCUT2D eigenvalue weighted by Gasteiger charge is 2.07. The van der Waals surface area contributed by atoms with Crippen LogP contribution in [0.2, 0.25) is 0 Å². The van der Waals surface area contributed by atoms with Gasteiger partial charge in [-0.25, -0.2) is 0 Å². The maximum absolute atomic E-state index is 5.63. The topological polar surface area (TPSA) is 39.7 Å². The van der Waals surface area contributed by atoms with Crippen LogP contribution in [0.3, 0.4) is 0 Å². The highest BCUT2D eigenvalue weighted by Crippen LogP contribution is 2.01. The standard InChI is InChI=1S/C12H27NO3/c1-5-13-11(2)10-12(3)16-9-8-15-7-6-14-4/h11-13H,5-10H2,1-4H3. The molecule has 4 nitrogen and oxygen atoms in total. The van der Waals surface area contributed by atoms with E-state index in [1.807, 2.05) is 0 Å². The average Bonchev–Trinajstić information content (AvgIpc) is 2.23. The van der Waals surface area contributed by atoms with Crippen molar-refractivity contribution in [3.8, 4) is 0 Å². The summed E-state index contributed by atoms with van der Waals surface area (Å²) in [5, 5.41) is 3.37. The van der Waals surface area contributed by atoms with Crippen LogP contribution in [0.4, 0.5) is 0 Å². The van der Waals surface area contributed by atoms with Crippen LogP contribution in [-0.4, -0.2) is 52.2 Å². The van der Waals surface area contributed by atoms with Crippen LogP contribution in [0, 0.1) is 0 Å². The second kappa shape index (κ2) is 11.3. The monoisotopic (exact) mass is 233 g/mol. The number of rotatable bonds is 11. The predicted molar refractivity (Wildman–Crippen MR) is 65.9 cm³/mol. The molecule has 0 aromatic rings. The molecule has 0 heterocycles. The Hall–Kier alpha value is -0.160. The molecule has 0 bridgehead atoms. The van der Waals surface area contributed by atoms with Gasteiger partial charge in [0.15, 0.2) is 0 Å². The van der Waals surface area contributed by atoms with Gasteiger partial charge in [0, 0.05) is 13.2 Å². The largest absolute Gasteiger partial charge is 0.382 e. The summed E-state index contributed by atoms with van der Waals surface area (Å²) in [5.74, 6) is 0. The minimum absolute atomic E-state index is 0.278. The number of hydrogen-bond donors (Lipinski definition) is 1. The Morgan fingerprint density at radius 2 is 1.75 bits per heavy atom. The van der Waals surface area contributed by atoms with Crippen molar-refractivity contribution >= 4 is 0 Å². The van der Waals surface area contributed by atoms with Crippen LogP contribution < -0.4 is 5.32 Å². The summed E-state index contributed by atoms with van der Waals surface area (Å²) in [5.41, 5.74) is 0. The molecule has 98 valence electrons. The smallest absolute Gasteiger partial charge is 0.0704 e. The average molecular weight is 233 g/mol. The molecule has 0 aromatic carbocycles. The van der Waals surface area contributed by atoms with Crippen LogP contribution in [0.5, 0.6) is 0 Å². The maximum atomic E-state index is 5.63. The van der Waals surface area contributed by atoms with Gasteiger partial charge in [-0.15, -0.1) is 0 Å². The fourth-order valence-electron chi connectivity index (χ4n) is 1.55. The van der Waals surface area contributed by atoms with E-state index in [4.69, 9.17) is 14.2 Å². The van der Waals surface area contributed by atoms with Crippen molar-refractivity contribution in [2.45, 2.75) is 39.3 Å². The van der Waals surface area contributed by atoms with Gasteiger partial charge in [0.05, 0.1) is 32.5 Å². The molecule has 0 fully saturated rings. The first-order valence-electron chi connectivity index (χ1n) is 6.12. The van der Waals surface area contributed by atoms with E-state index in [1.54, 1.807) is 7.11 Å². The SMILES string of the molecule is CCNC(C)CC(C)OCCOCCOC. The molecule has 0 radical (unpaired) electrons. The number of hydrogen-bond acceptors (Lipinski definition) is 4. The van der Waals surface area contributed by atoms with Crippen LogP contribution in [-0.2, 0) is 14.2 Å². The lowest BCUT2D eigenvalue weighted by Gasteiger charge is -2.18. The van der Waals surface area contributed by atoms with Crippen molar-refractivity contribution < 1.29 is 14.2 Å². The molecule has 0 rings (SSSR count). The Morgan fingerprint density at radius 1 is 1.06 bits per heavy atom. The molecule has 1 N–H and O–H groups in total. The fourth-order valence-corrected chi connectivity index (χ4v) is 1.55. The first-order chi connectivity index (χ1) is 7.70. The van der Waals surface area contributed by atoms with Crippen LogP contribution in [0.1, 0.15) is 27.2 Å². The molecule has 0 aliphatic rings. The minimum Gasteiger partial charge on any atom is -0.382 e. The molecular weight excluding hydrogens is 206 g/mol. The van der Waals surface area contributed by atoms with Crippen molar-refractivity contribution in [1.82, 2.24) is 5.32 Å². The first-order valence-corrected chi connectivity index (χ1v) is 6.12. The normalized spacial score (nSPS) is 15.0. The van der Waals surface area contributed by atoms with Gasteiger partial charge in [0.1, 0.15) is 0 Å². The lowest BCUT2D eigenvalue weighted by molar-refractivity contribution is -0.00503. The van der Waals surface area contributed by atoms with Crippen LogP contribution >= 0.6 is 0 Å². The molecule has 0 aromatic heterocycles. The number of nitrogens with one attached hydrogen (secondary N) is 1. The minimum atomic E-state index is 0.278. The summed E-state index contributed by atoms with van der Waals surface area (Å²) in [4.78, 5) is 0. The number of ether oxygens (including phenoxy) is 3. The quantitative estimate of drug-likeness (QED) is 0.548. The van der Waals surface area contributed by atoms with Gasteiger partial charge in [-0.3, -0.25) is 0 Å². The van der Waals surface area contributed by atoms with E-state index in [1.165, 1.54) is 0 Å². The van der Waals surface area contributed by atoms with E-state index in [-0.39, 0.29) is 6.10 Å². The summed E-state index contributed by atoms with van der Waals surface area (Å²) in [6.45, 7) is 9.99. The second-order valence-electron chi connectivity index (χ2n) is 3.98. The number of methoxy groups -OCH3 is 1. The summed E-state index contributed by atoms with van der Waals surface area (Å²) in [6, 6.07) is 0.509. The Kier molecular flexibility index (Phi) is 11.2. The van der Waals surface area contributed by atoms with E-state index in [0.717, 1.165) is 13.0 Å². The highest BCUT2D eigenvalue weighted by atomic mass is 16.5. The molecule has 0 aliphatic heterocycles. The lowest BCUT2D eigenvalue weighted by atomic mass is 10.1. The van der Waals surface area contributed by atoms with Crippen molar-refractivity contribution in [2.24, 2.45) is 0 Å². The zero-order valence-corrected chi connectivity index (χ0v) is 11.1. The van der Waals surface area contributed by atoms with Gasteiger partial charge >= 0.3 is 0 Å². The lowest BCUT2D eigenvalue weighted by Crippen LogP contribution is -2.30. The molecule has 4 heteroatoms. The third kappa shape index (κ3) is 10.4. The first kappa shape index (κ1) is 15.8. The van der Waals surface area contributed by atoms with E-state index in [0.29, 0.717) is 32.5 Å². The van der Waals surface area contributed by atoms with Gasteiger partial charge in [-0.1, -0.05) is 6.92 Å². The zero-order valence-electron chi connectivity index (χ0n) is 11.1. The fraction of sp³-hybridized carbons (Fsp3) is 1.00. The van der Waals surface area contributed by atoms with Crippen molar-refractivity contribution in [2.75, 3.05) is 40.1 Å². The summed E-state index contributed by atoms with van der Waals surface area (Å²) in [7, 11) is 1.67. The molecule has 16 heavy (non-hydrogen) atoms. The van der Waals surface area contributed by atoms with Crippen molar-refractivity contribution in [3.63, 3.8) is 0 Å². The molecule has 0 aliphatic carbocycles. The third-order valence-corrected chi connectivity index (χ3v) is 2.30.